The highest BCUT2D eigenvalue weighted by molar-refractivity contribution is 6.03. The van der Waals surface area contributed by atoms with Crippen molar-refractivity contribution in [1.82, 2.24) is 0 Å². The zero-order valence-electron chi connectivity index (χ0n) is 10.4. The lowest BCUT2D eigenvalue weighted by Crippen LogP contribution is -2.20. The van der Waals surface area contributed by atoms with E-state index in [4.69, 9.17) is 4.74 Å². The third-order valence-electron chi connectivity index (χ3n) is 3.30. The first-order valence-electron chi connectivity index (χ1n) is 6.10. The molecule has 102 valence electrons. The number of phenolic OH excluding ortho intramolecular Hbond substituents is 3. The second-order valence-corrected chi connectivity index (χ2v) is 4.61. The quantitative estimate of drug-likeness (QED) is 0.548. The monoisotopic (exact) mass is 272 g/mol. The average Bonchev–Trinajstić information content (AvgIpc) is 2.45. The molecule has 0 aliphatic carbocycles. The molecule has 1 aliphatic heterocycles. The van der Waals surface area contributed by atoms with Crippen LogP contribution in [0.3, 0.4) is 0 Å². The van der Waals surface area contributed by atoms with Crippen LogP contribution < -0.4 is 4.74 Å². The van der Waals surface area contributed by atoms with Crippen LogP contribution in [0.25, 0.3) is 0 Å². The zero-order chi connectivity index (χ0) is 14.3. The summed E-state index contributed by atoms with van der Waals surface area (Å²) in [5.74, 6) is -1.97. The van der Waals surface area contributed by atoms with E-state index >= 15 is 0 Å². The van der Waals surface area contributed by atoms with Crippen molar-refractivity contribution >= 4 is 5.78 Å². The van der Waals surface area contributed by atoms with Gasteiger partial charge in [-0.3, -0.25) is 4.79 Å². The Morgan fingerprint density at radius 2 is 1.75 bits per heavy atom. The fraction of sp³-hybridized carbons (Fsp3) is 0.133. The van der Waals surface area contributed by atoms with Crippen LogP contribution in [-0.2, 0) is 0 Å². The molecule has 20 heavy (non-hydrogen) atoms. The van der Waals surface area contributed by atoms with Crippen LogP contribution in [0.4, 0.5) is 0 Å². The molecule has 0 saturated carbocycles. The Morgan fingerprint density at radius 3 is 2.45 bits per heavy atom. The topological polar surface area (TPSA) is 87.0 Å². The van der Waals surface area contributed by atoms with Gasteiger partial charge in [-0.05, 0) is 5.56 Å². The van der Waals surface area contributed by atoms with Gasteiger partial charge in [0.1, 0.15) is 17.4 Å². The Morgan fingerprint density at radius 1 is 1.05 bits per heavy atom. The van der Waals surface area contributed by atoms with Crippen LogP contribution >= 0.6 is 0 Å². The molecule has 1 heterocycles. The molecule has 0 bridgehead atoms. The zero-order valence-corrected chi connectivity index (χ0v) is 10.4. The van der Waals surface area contributed by atoms with Gasteiger partial charge < -0.3 is 20.1 Å². The van der Waals surface area contributed by atoms with E-state index in [9.17, 15) is 20.1 Å². The van der Waals surface area contributed by atoms with E-state index < -0.39 is 23.4 Å². The molecule has 1 atom stereocenters. The molecule has 2 aromatic carbocycles. The van der Waals surface area contributed by atoms with Crippen molar-refractivity contribution in [2.24, 2.45) is 0 Å². The number of hydrogen-bond donors (Lipinski definition) is 3. The van der Waals surface area contributed by atoms with Crippen molar-refractivity contribution in [3.63, 3.8) is 0 Å². The average molecular weight is 272 g/mol. The van der Waals surface area contributed by atoms with Crippen molar-refractivity contribution in [1.29, 1.82) is 0 Å². The summed E-state index contributed by atoms with van der Waals surface area (Å²) in [4.78, 5) is 12.1. The van der Waals surface area contributed by atoms with Crippen LogP contribution in [0.1, 0.15) is 28.4 Å². The number of hydrogen-bond acceptors (Lipinski definition) is 5. The number of Topliss-reactive ketones (excluding diaryl/α,β-unsaturated/α-hetero) is 1. The number of aromatic hydroxyl groups is 3. The largest absolute Gasteiger partial charge is 0.507 e. The van der Waals surface area contributed by atoms with Gasteiger partial charge in [-0.25, -0.2) is 0 Å². The van der Waals surface area contributed by atoms with Gasteiger partial charge in [0.05, 0.1) is 6.42 Å². The normalized spacial score (nSPS) is 17.4. The fourth-order valence-electron chi connectivity index (χ4n) is 2.31. The Bertz CT molecular complexity index is 678. The number of carbonyl (C=O) groups excluding carboxylic acids is 1. The van der Waals surface area contributed by atoms with Crippen LogP contribution in [0, 0.1) is 0 Å². The molecule has 0 amide bonds. The van der Waals surface area contributed by atoms with E-state index in [1.807, 2.05) is 30.3 Å². The van der Waals surface area contributed by atoms with Crippen LogP contribution in [-0.4, -0.2) is 21.1 Å². The number of ether oxygens (including phenoxy) is 1. The van der Waals surface area contributed by atoms with E-state index in [-0.39, 0.29) is 23.5 Å². The van der Waals surface area contributed by atoms with Gasteiger partial charge in [-0.2, -0.15) is 0 Å². The lowest BCUT2D eigenvalue weighted by molar-refractivity contribution is 0.0836. The first kappa shape index (κ1) is 12.3. The lowest BCUT2D eigenvalue weighted by Gasteiger charge is -2.26. The second kappa shape index (κ2) is 4.45. The number of rotatable bonds is 1. The molecular weight excluding hydrogens is 260 g/mol. The van der Waals surface area contributed by atoms with Crippen LogP contribution in [0.5, 0.6) is 23.0 Å². The van der Waals surface area contributed by atoms with Gasteiger partial charge in [0.25, 0.3) is 0 Å². The molecule has 3 N–H and O–H groups in total. The first-order chi connectivity index (χ1) is 9.58. The SMILES string of the molecule is O=C1C[C@H](c2ccccc2)Oc2c(O)c(O)cc(O)c21. The molecule has 2 aromatic rings. The molecule has 3 rings (SSSR count). The lowest BCUT2D eigenvalue weighted by atomic mass is 9.95. The maximum absolute atomic E-state index is 12.1. The summed E-state index contributed by atoms with van der Waals surface area (Å²) in [6, 6.07) is 10.0. The molecule has 0 fully saturated rings. The highest BCUT2D eigenvalue weighted by atomic mass is 16.5. The van der Waals surface area contributed by atoms with E-state index in [1.54, 1.807) is 0 Å². The summed E-state index contributed by atoms with van der Waals surface area (Å²) in [7, 11) is 0. The number of carbonyl (C=O) groups is 1. The highest BCUT2D eigenvalue weighted by Gasteiger charge is 2.33. The molecule has 0 aromatic heterocycles. The van der Waals surface area contributed by atoms with E-state index in [0.717, 1.165) is 11.6 Å². The standard InChI is InChI=1S/C15H12O5/c16-9-6-11(18)14(19)15-13(9)10(17)7-12(20-15)8-4-2-1-3-5-8/h1-6,12,16,18-19H,7H2/t12-/m1/s1. The molecule has 5 heteroatoms. The molecular formula is C15H12O5. The third-order valence-corrected chi connectivity index (χ3v) is 3.30. The smallest absolute Gasteiger partial charge is 0.201 e. The minimum Gasteiger partial charge on any atom is -0.507 e. The summed E-state index contributed by atoms with van der Waals surface area (Å²) in [5.41, 5.74) is 0.696. The molecule has 0 saturated heterocycles. The minimum atomic E-state index is -0.553. The predicted molar refractivity (Wildman–Crippen MR) is 70.2 cm³/mol. The summed E-state index contributed by atoms with van der Waals surface area (Å²) in [6.07, 6.45) is -0.488. The van der Waals surface area contributed by atoms with Crippen molar-refractivity contribution in [3.05, 3.63) is 47.5 Å². The van der Waals surface area contributed by atoms with Crippen molar-refractivity contribution in [3.8, 4) is 23.0 Å². The maximum atomic E-state index is 12.1. The summed E-state index contributed by atoms with van der Waals surface area (Å²) in [5, 5.41) is 29.0. The second-order valence-electron chi connectivity index (χ2n) is 4.61. The van der Waals surface area contributed by atoms with E-state index in [0.29, 0.717) is 0 Å². The predicted octanol–water partition coefficient (Wildman–Crippen LogP) is 2.51. The number of ketones is 1. The van der Waals surface area contributed by atoms with Crippen LogP contribution in [0.2, 0.25) is 0 Å². The summed E-state index contributed by atoms with van der Waals surface area (Å²) >= 11 is 0. The van der Waals surface area contributed by atoms with Crippen molar-refractivity contribution < 1.29 is 24.9 Å². The Hall–Kier alpha value is -2.69. The number of fused-ring (bicyclic) bond motifs is 1. The van der Waals surface area contributed by atoms with Crippen LogP contribution in [0.15, 0.2) is 36.4 Å². The first-order valence-corrected chi connectivity index (χ1v) is 6.10. The van der Waals surface area contributed by atoms with Gasteiger partial charge in [0, 0.05) is 6.07 Å². The number of phenols is 3. The molecule has 5 nitrogen and oxygen atoms in total. The Balaban J connectivity index is 2.09. The number of benzene rings is 2. The van der Waals surface area contributed by atoms with E-state index in [2.05, 4.69) is 0 Å². The van der Waals surface area contributed by atoms with Gasteiger partial charge in [-0.15, -0.1) is 0 Å². The molecule has 1 aliphatic rings. The summed E-state index contributed by atoms with van der Waals surface area (Å²) < 4.78 is 5.59. The third kappa shape index (κ3) is 1.84. The Kier molecular flexibility index (Phi) is 2.75. The molecule has 0 radical (unpaired) electrons. The maximum Gasteiger partial charge on any atom is 0.201 e. The Labute approximate surface area is 114 Å². The van der Waals surface area contributed by atoms with E-state index in [1.165, 1.54) is 0 Å². The fourth-order valence-corrected chi connectivity index (χ4v) is 2.31. The van der Waals surface area contributed by atoms with Crippen molar-refractivity contribution in [2.45, 2.75) is 12.5 Å². The highest BCUT2D eigenvalue weighted by Crippen LogP contribution is 2.48. The molecule has 0 spiro atoms. The van der Waals surface area contributed by atoms with Gasteiger partial charge in [0.2, 0.25) is 5.75 Å². The van der Waals surface area contributed by atoms with Gasteiger partial charge in [0.15, 0.2) is 17.3 Å². The van der Waals surface area contributed by atoms with Crippen molar-refractivity contribution in [2.75, 3.05) is 0 Å². The summed E-state index contributed by atoms with van der Waals surface area (Å²) in [6.45, 7) is 0. The molecule has 0 unspecified atom stereocenters. The van der Waals surface area contributed by atoms with Gasteiger partial charge >= 0.3 is 0 Å². The minimum absolute atomic E-state index is 0.0643. The van der Waals surface area contributed by atoms with Gasteiger partial charge in [-0.1, -0.05) is 30.3 Å².